The predicted octanol–water partition coefficient (Wildman–Crippen LogP) is 5.09. The first-order valence-electron chi connectivity index (χ1n) is 14.0. The Hall–Kier alpha value is -2.99. The lowest BCUT2D eigenvalue weighted by atomic mass is 10.0. The zero-order chi connectivity index (χ0) is 29.4. The van der Waals surface area contributed by atoms with Crippen molar-refractivity contribution in [2.24, 2.45) is 0 Å². The average Bonchev–Trinajstić information content (AvgIpc) is 3.73. The fourth-order valence-corrected chi connectivity index (χ4v) is 5.56. The molecule has 11 heteroatoms. The molecule has 0 aliphatic heterocycles. The maximum absolute atomic E-state index is 13.6. The molecule has 1 aliphatic carbocycles. The van der Waals surface area contributed by atoms with Crippen molar-refractivity contribution < 1.29 is 36.2 Å². The molecule has 1 saturated carbocycles. The number of unbranched alkanes of at least 4 members (excludes halogenated alkanes) is 1. The van der Waals surface area contributed by atoms with E-state index in [1.807, 2.05) is 6.07 Å². The number of nitrogens with zero attached hydrogens (tertiary/aromatic N) is 1. The maximum Gasteiger partial charge on any atom is 0.255 e. The summed E-state index contributed by atoms with van der Waals surface area (Å²) >= 11 is 0. The lowest BCUT2D eigenvalue weighted by Gasteiger charge is -2.25. The maximum atomic E-state index is 13.6. The molecule has 1 heterocycles. The summed E-state index contributed by atoms with van der Waals surface area (Å²) in [5.41, 5.74) is 2.58. The minimum atomic E-state index is -3.67. The molecular weight excluding hydrogens is 551 g/mol. The van der Waals surface area contributed by atoms with Crippen molar-refractivity contribution in [3.8, 4) is 11.3 Å². The van der Waals surface area contributed by atoms with E-state index in [-0.39, 0.29) is 25.0 Å². The number of sulfonamides is 1. The number of furan rings is 1. The number of amides is 1. The number of nitrogens with one attached hydrogen (secondary N) is 1. The Bertz CT molecular complexity index is 1420. The molecule has 224 valence electrons. The fourth-order valence-electron chi connectivity index (χ4n) is 4.64. The van der Waals surface area contributed by atoms with E-state index >= 15 is 0 Å². The van der Waals surface area contributed by atoms with Gasteiger partial charge < -0.3 is 23.9 Å². The largest absolute Gasteiger partial charge is 0.455 e. The first kappa shape index (κ1) is 31.0. The summed E-state index contributed by atoms with van der Waals surface area (Å²) in [6, 6.07) is 9.24. The van der Waals surface area contributed by atoms with Crippen LogP contribution in [-0.4, -0.2) is 73.8 Å². The Balaban J connectivity index is 1.54. The quantitative estimate of drug-likeness (QED) is 0.218. The summed E-state index contributed by atoms with van der Waals surface area (Å²) in [5, 5.41) is 3.24. The van der Waals surface area contributed by atoms with Gasteiger partial charge in [-0.3, -0.25) is 9.10 Å². The second-order valence-electron chi connectivity index (χ2n) is 10.1. The van der Waals surface area contributed by atoms with Crippen LogP contribution < -0.4 is 9.62 Å². The van der Waals surface area contributed by atoms with Crippen molar-refractivity contribution in [3.05, 3.63) is 53.3 Å². The molecule has 1 aromatic heterocycles. The van der Waals surface area contributed by atoms with Crippen molar-refractivity contribution in [2.45, 2.75) is 38.5 Å². The summed E-state index contributed by atoms with van der Waals surface area (Å²) in [6.07, 6.45) is 5.12. The first-order valence-corrected chi connectivity index (χ1v) is 15.9. The smallest absolute Gasteiger partial charge is 0.255 e. The molecule has 1 amide bonds. The monoisotopic (exact) mass is 590 g/mol. The number of ether oxygens (including phenoxy) is 3. The van der Waals surface area contributed by atoms with Gasteiger partial charge in [-0.25, -0.2) is 12.8 Å². The van der Waals surface area contributed by atoms with E-state index in [1.165, 1.54) is 23.5 Å². The van der Waals surface area contributed by atoms with Gasteiger partial charge in [0.1, 0.15) is 17.2 Å². The number of rotatable bonds is 17. The summed E-state index contributed by atoms with van der Waals surface area (Å²) in [5.74, 6) is -0.281. The number of anilines is 1. The SMILES string of the molecule is CCCCOCCOCCOCCN(c1cc2oc(-c3ccc(F)cc3)c(C(=O)NC)c2cc1C1CC1)S(C)(=O)=O. The number of carbonyl (C=O) groups is 1. The Morgan fingerprint density at radius 3 is 2.24 bits per heavy atom. The van der Waals surface area contributed by atoms with Gasteiger partial charge in [0.2, 0.25) is 10.0 Å². The van der Waals surface area contributed by atoms with E-state index in [0.29, 0.717) is 60.0 Å². The molecule has 0 radical (unpaired) electrons. The van der Waals surface area contributed by atoms with E-state index in [9.17, 15) is 17.6 Å². The third-order valence-electron chi connectivity index (χ3n) is 6.91. The number of benzene rings is 2. The topological polar surface area (TPSA) is 107 Å². The Morgan fingerprint density at radius 2 is 1.66 bits per heavy atom. The van der Waals surface area contributed by atoms with Crippen molar-refractivity contribution in [1.29, 1.82) is 0 Å². The van der Waals surface area contributed by atoms with Crippen LogP contribution >= 0.6 is 0 Å². The van der Waals surface area contributed by atoms with Crippen LogP contribution in [0.4, 0.5) is 10.1 Å². The van der Waals surface area contributed by atoms with Gasteiger partial charge in [-0.05, 0) is 61.1 Å². The third kappa shape index (κ3) is 8.06. The van der Waals surface area contributed by atoms with Crippen LogP contribution in [0.5, 0.6) is 0 Å². The summed E-state index contributed by atoms with van der Waals surface area (Å²) < 4.78 is 63.7. The highest BCUT2D eigenvalue weighted by Gasteiger charge is 2.33. The van der Waals surface area contributed by atoms with E-state index in [1.54, 1.807) is 18.2 Å². The molecule has 41 heavy (non-hydrogen) atoms. The van der Waals surface area contributed by atoms with Crippen molar-refractivity contribution >= 4 is 32.6 Å². The molecule has 0 unspecified atom stereocenters. The number of hydrogen-bond acceptors (Lipinski definition) is 7. The lowest BCUT2D eigenvalue weighted by molar-refractivity contribution is 0.0156. The number of fused-ring (bicyclic) bond motifs is 1. The van der Waals surface area contributed by atoms with Crippen LogP contribution in [0, 0.1) is 5.82 Å². The van der Waals surface area contributed by atoms with Crippen LogP contribution in [0.3, 0.4) is 0 Å². The number of halogens is 1. The molecule has 0 spiro atoms. The Morgan fingerprint density at radius 1 is 1.02 bits per heavy atom. The summed E-state index contributed by atoms with van der Waals surface area (Å²) in [7, 11) is -2.13. The summed E-state index contributed by atoms with van der Waals surface area (Å²) in [6.45, 7) is 4.85. The van der Waals surface area contributed by atoms with Crippen molar-refractivity contribution in [1.82, 2.24) is 5.32 Å². The molecule has 4 rings (SSSR count). The lowest BCUT2D eigenvalue weighted by Crippen LogP contribution is -2.34. The van der Waals surface area contributed by atoms with Crippen LogP contribution in [0.1, 0.15) is 54.4 Å². The second kappa shape index (κ2) is 14.3. The third-order valence-corrected chi connectivity index (χ3v) is 8.09. The van der Waals surface area contributed by atoms with Gasteiger partial charge in [0.05, 0.1) is 57.1 Å². The van der Waals surface area contributed by atoms with Gasteiger partial charge in [0, 0.05) is 30.7 Å². The molecule has 0 bridgehead atoms. The highest BCUT2D eigenvalue weighted by atomic mass is 32.2. The van der Waals surface area contributed by atoms with Crippen LogP contribution in [0.15, 0.2) is 40.8 Å². The molecule has 3 aromatic rings. The van der Waals surface area contributed by atoms with Gasteiger partial charge in [-0.1, -0.05) is 13.3 Å². The van der Waals surface area contributed by atoms with E-state index in [2.05, 4.69) is 12.2 Å². The molecular formula is C30H39FN2O7S. The molecule has 0 atom stereocenters. The zero-order valence-corrected chi connectivity index (χ0v) is 24.7. The standard InChI is InChI=1S/C30H39FN2O7S/c1-4-5-13-37-15-17-39-18-16-38-14-12-33(41(3,35)36)26-20-27-25(19-24(26)21-6-7-21)28(30(34)32-2)29(40-27)22-8-10-23(31)11-9-22/h8-11,19-21H,4-7,12-18H2,1-3H3,(H,32,34). The molecule has 0 saturated heterocycles. The minimum absolute atomic E-state index is 0.109. The van der Waals surface area contributed by atoms with Gasteiger partial charge in [0.25, 0.3) is 5.91 Å². The van der Waals surface area contributed by atoms with Crippen LogP contribution in [0.2, 0.25) is 0 Å². The van der Waals surface area contributed by atoms with Gasteiger partial charge in [-0.2, -0.15) is 0 Å². The fraction of sp³-hybridized carbons (Fsp3) is 0.500. The normalized spacial score (nSPS) is 13.6. The van der Waals surface area contributed by atoms with Crippen molar-refractivity contribution in [2.75, 3.05) is 63.8 Å². The van der Waals surface area contributed by atoms with Gasteiger partial charge in [-0.15, -0.1) is 0 Å². The molecule has 1 aliphatic rings. The minimum Gasteiger partial charge on any atom is -0.455 e. The van der Waals surface area contributed by atoms with E-state index < -0.39 is 15.8 Å². The molecule has 1 fully saturated rings. The second-order valence-corrected chi connectivity index (χ2v) is 12.0. The number of hydrogen-bond donors (Lipinski definition) is 1. The van der Waals surface area contributed by atoms with E-state index in [4.69, 9.17) is 18.6 Å². The van der Waals surface area contributed by atoms with Crippen LogP contribution in [-0.2, 0) is 24.2 Å². The van der Waals surface area contributed by atoms with Gasteiger partial charge in [0.15, 0.2) is 0 Å². The average molecular weight is 591 g/mol. The Labute approximate surface area is 241 Å². The zero-order valence-electron chi connectivity index (χ0n) is 23.9. The first-order chi connectivity index (χ1) is 19.7. The van der Waals surface area contributed by atoms with Crippen LogP contribution in [0.25, 0.3) is 22.3 Å². The molecule has 9 nitrogen and oxygen atoms in total. The van der Waals surface area contributed by atoms with Gasteiger partial charge >= 0.3 is 0 Å². The van der Waals surface area contributed by atoms with E-state index in [0.717, 1.165) is 44.1 Å². The predicted molar refractivity (Wildman–Crippen MR) is 157 cm³/mol. The summed E-state index contributed by atoms with van der Waals surface area (Å²) in [4.78, 5) is 13.0. The number of carbonyl (C=O) groups excluding carboxylic acids is 1. The molecule has 2 aromatic carbocycles. The Kier molecular flexibility index (Phi) is 10.8. The highest BCUT2D eigenvalue weighted by molar-refractivity contribution is 7.92. The molecule has 1 N–H and O–H groups in total. The van der Waals surface area contributed by atoms with Crippen molar-refractivity contribution in [3.63, 3.8) is 0 Å². The highest BCUT2D eigenvalue weighted by Crippen LogP contribution is 2.48.